The lowest BCUT2D eigenvalue weighted by atomic mass is 9.88. The van der Waals surface area contributed by atoms with Gasteiger partial charge < -0.3 is 15.2 Å². The average molecular weight is 336 g/mol. The third kappa shape index (κ3) is 5.40. The fourth-order valence-electron chi connectivity index (χ4n) is 2.65. The Hall–Kier alpha value is -2.31. The van der Waals surface area contributed by atoms with Crippen molar-refractivity contribution >= 4 is 11.9 Å². The Balaban J connectivity index is 3.17. The van der Waals surface area contributed by atoms with E-state index in [0.29, 0.717) is 0 Å². The second kappa shape index (κ2) is 9.75. The SMILES string of the molecule is C/C=C/C(=O)N[C@@H]1[C@@H](N=[N+]=[N-])CC(C(=O)O)=C[C@H]1OC(CC)CC. The second-order valence-corrected chi connectivity index (χ2v) is 5.55. The zero-order valence-corrected chi connectivity index (χ0v) is 14.2. The van der Waals surface area contributed by atoms with E-state index in [9.17, 15) is 14.7 Å². The van der Waals surface area contributed by atoms with Gasteiger partial charge in [-0.15, -0.1) is 0 Å². The van der Waals surface area contributed by atoms with Crippen LogP contribution >= 0.6 is 0 Å². The summed E-state index contributed by atoms with van der Waals surface area (Å²) < 4.78 is 5.98. The van der Waals surface area contributed by atoms with Gasteiger partial charge in [0.15, 0.2) is 0 Å². The lowest BCUT2D eigenvalue weighted by Crippen LogP contribution is -2.53. The fourth-order valence-corrected chi connectivity index (χ4v) is 2.65. The number of ether oxygens (including phenoxy) is 1. The van der Waals surface area contributed by atoms with E-state index in [1.54, 1.807) is 13.0 Å². The molecule has 0 bridgehead atoms. The van der Waals surface area contributed by atoms with Crippen molar-refractivity contribution in [1.29, 1.82) is 0 Å². The normalized spacial score (nSPS) is 23.7. The maximum Gasteiger partial charge on any atom is 0.331 e. The lowest BCUT2D eigenvalue weighted by molar-refractivity contribution is -0.133. The highest BCUT2D eigenvalue weighted by Gasteiger charge is 2.37. The predicted octanol–water partition coefficient (Wildman–Crippen LogP) is 2.71. The molecule has 2 N–H and O–H groups in total. The van der Waals surface area contributed by atoms with E-state index in [1.165, 1.54) is 12.2 Å². The molecule has 0 saturated carbocycles. The number of hydrogen-bond acceptors (Lipinski definition) is 4. The monoisotopic (exact) mass is 336 g/mol. The standard InChI is InChI=1S/C16H24N4O4/c1-4-7-14(21)18-15-12(19-20-17)8-10(16(22)23)9-13(15)24-11(5-2)6-3/h4,7,9,11-13,15H,5-6,8H2,1-3H3,(H,18,21)(H,22,23)/b7-4+/t12-,13+,15+/m0/s1. The van der Waals surface area contributed by atoms with Crippen LogP contribution in [0.15, 0.2) is 28.9 Å². The van der Waals surface area contributed by atoms with Crippen LogP contribution in [0.4, 0.5) is 0 Å². The van der Waals surface area contributed by atoms with Crippen LogP contribution in [-0.2, 0) is 14.3 Å². The number of rotatable bonds is 8. The number of nitrogens with one attached hydrogen (secondary N) is 1. The smallest absolute Gasteiger partial charge is 0.331 e. The Bertz CT molecular complexity index is 562. The van der Waals surface area contributed by atoms with Gasteiger partial charge in [-0.2, -0.15) is 0 Å². The van der Waals surface area contributed by atoms with Gasteiger partial charge in [0, 0.05) is 10.5 Å². The van der Waals surface area contributed by atoms with Crippen LogP contribution in [0.5, 0.6) is 0 Å². The van der Waals surface area contributed by atoms with E-state index in [2.05, 4.69) is 15.3 Å². The number of carbonyl (C=O) groups is 2. The predicted molar refractivity (Wildman–Crippen MR) is 89.3 cm³/mol. The average Bonchev–Trinajstić information content (AvgIpc) is 2.55. The van der Waals surface area contributed by atoms with E-state index >= 15 is 0 Å². The van der Waals surface area contributed by atoms with Crippen LogP contribution < -0.4 is 5.32 Å². The van der Waals surface area contributed by atoms with Gasteiger partial charge >= 0.3 is 5.97 Å². The molecule has 1 aliphatic rings. The highest BCUT2D eigenvalue weighted by Crippen LogP contribution is 2.26. The quantitative estimate of drug-likeness (QED) is 0.306. The van der Waals surface area contributed by atoms with Crippen LogP contribution in [-0.4, -0.2) is 41.3 Å². The van der Waals surface area contributed by atoms with Crippen molar-refractivity contribution in [3.8, 4) is 0 Å². The molecule has 0 unspecified atom stereocenters. The zero-order chi connectivity index (χ0) is 18.1. The molecule has 8 nitrogen and oxygen atoms in total. The lowest BCUT2D eigenvalue weighted by Gasteiger charge is -2.36. The number of amides is 1. The molecule has 0 heterocycles. The maximum absolute atomic E-state index is 11.9. The molecular weight excluding hydrogens is 312 g/mol. The summed E-state index contributed by atoms with van der Waals surface area (Å²) in [6.07, 6.45) is 5.27. The maximum atomic E-state index is 11.9. The number of nitrogens with zero attached hydrogens (tertiary/aromatic N) is 3. The molecule has 0 radical (unpaired) electrons. The van der Waals surface area contributed by atoms with Gasteiger partial charge in [-0.3, -0.25) is 4.79 Å². The van der Waals surface area contributed by atoms with E-state index in [0.717, 1.165) is 12.8 Å². The molecule has 1 aliphatic carbocycles. The van der Waals surface area contributed by atoms with Crippen molar-refractivity contribution in [2.24, 2.45) is 5.11 Å². The largest absolute Gasteiger partial charge is 0.478 e. The van der Waals surface area contributed by atoms with Gasteiger partial charge in [-0.1, -0.05) is 25.0 Å². The fraction of sp³-hybridized carbons (Fsp3) is 0.625. The summed E-state index contributed by atoms with van der Waals surface area (Å²) in [5.41, 5.74) is 8.91. The summed E-state index contributed by atoms with van der Waals surface area (Å²) >= 11 is 0. The first-order valence-electron chi connectivity index (χ1n) is 8.03. The van der Waals surface area contributed by atoms with Crippen LogP contribution in [0.2, 0.25) is 0 Å². The number of carboxylic acid groups (broad SMARTS) is 1. The number of carboxylic acids is 1. The Morgan fingerprint density at radius 3 is 2.71 bits per heavy atom. The van der Waals surface area contributed by atoms with Crippen LogP contribution in [0.3, 0.4) is 0 Å². The molecule has 0 saturated heterocycles. The van der Waals surface area contributed by atoms with Gasteiger partial charge in [0.1, 0.15) is 0 Å². The van der Waals surface area contributed by atoms with Crippen LogP contribution in [0, 0.1) is 0 Å². The Morgan fingerprint density at radius 2 is 2.21 bits per heavy atom. The van der Waals surface area contributed by atoms with Gasteiger partial charge in [0.2, 0.25) is 5.91 Å². The molecule has 8 heteroatoms. The summed E-state index contributed by atoms with van der Waals surface area (Å²) in [6.45, 7) is 5.65. The van der Waals surface area contributed by atoms with E-state index in [4.69, 9.17) is 10.3 Å². The highest BCUT2D eigenvalue weighted by atomic mass is 16.5. The second-order valence-electron chi connectivity index (χ2n) is 5.55. The van der Waals surface area contributed by atoms with Crippen LogP contribution in [0.1, 0.15) is 40.0 Å². The third-order valence-electron chi connectivity index (χ3n) is 3.92. The molecule has 0 aliphatic heterocycles. The summed E-state index contributed by atoms with van der Waals surface area (Å²) in [5, 5.41) is 15.7. The van der Waals surface area contributed by atoms with Gasteiger partial charge in [0.25, 0.3) is 0 Å². The molecule has 24 heavy (non-hydrogen) atoms. The number of carbonyl (C=O) groups excluding carboxylic acids is 1. The van der Waals surface area contributed by atoms with Gasteiger partial charge in [-0.25, -0.2) is 4.79 Å². The van der Waals surface area contributed by atoms with Crippen molar-refractivity contribution in [3.05, 3.63) is 34.2 Å². The minimum atomic E-state index is -1.08. The van der Waals surface area contributed by atoms with Crippen molar-refractivity contribution in [2.75, 3.05) is 0 Å². The molecule has 0 aromatic heterocycles. The first-order chi connectivity index (χ1) is 11.5. The zero-order valence-electron chi connectivity index (χ0n) is 14.2. The first kappa shape index (κ1) is 19.7. The summed E-state index contributed by atoms with van der Waals surface area (Å²) in [5.74, 6) is -1.42. The Kier molecular flexibility index (Phi) is 8.01. The van der Waals surface area contributed by atoms with Crippen molar-refractivity contribution in [2.45, 2.75) is 64.3 Å². The number of aliphatic carboxylic acids is 1. The molecular formula is C16H24N4O4. The van der Waals surface area contributed by atoms with Crippen molar-refractivity contribution < 1.29 is 19.4 Å². The summed E-state index contributed by atoms with van der Waals surface area (Å²) in [7, 11) is 0. The van der Waals surface area contributed by atoms with Gasteiger partial charge in [-0.05, 0) is 43.9 Å². The molecule has 3 atom stereocenters. The minimum absolute atomic E-state index is 0.0446. The minimum Gasteiger partial charge on any atom is -0.478 e. The molecule has 1 rings (SSSR count). The molecule has 0 fully saturated rings. The van der Waals surface area contributed by atoms with E-state index < -0.39 is 24.2 Å². The Morgan fingerprint density at radius 1 is 1.54 bits per heavy atom. The third-order valence-corrected chi connectivity index (χ3v) is 3.92. The topological polar surface area (TPSA) is 124 Å². The first-order valence-corrected chi connectivity index (χ1v) is 8.03. The van der Waals surface area contributed by atoms with E-state index in [1.807, 2.05) is 13.8 Å². The summed E-state index contributed by atoms with van der Waals surface area (Å²) in [6, 6.07) is -1.34. The molecule has 0 spiro atoms. The van der Waals surface area contributed by atoms with Crippen LogP contribution in [0.25, 0.3) is 10.4 Å². The molecule has 132 valence electrons. The molecule has 0 aromatic carbocycles. The Labute approximate surface area is 141 Å². The molecule has 0 aromatic rings. The summed E-state index contributed by atoms with van der Waals surface area (Å²) in [4.78, 5) is 26.1. The number of allylic oxidation sites excluding steroid dienone is 1. The van der Waals surface area contributed by atoms with Gasteiger partial charge in [0.05, 0.1) is 24.3 Å². The molecule has 1 amide bonds. The van der Waals surface area contributed by atoms with Crippen molar-refractivity contribution in [3.63, 3.8) is 0 Å². The number of hydrogen-bond donors (Lipinski definition) is 2. The highest BCUT2D eigenvalue weighted by molar-refractivity contribution is 5.89. The number of azide groups is 1. The van der Waals surface area contributed by atoms with E-state index in [-0.39, 0.29) is 24.0 Å². The van der Waals surface area contributed by atoms with Crippen molar-refractivity contribution in [1.82, 2.24) is 5.32 Å².